The van der Waals surface area contributed by atoms with Crippen LogP contribution in [0, 0.1) is 5.82 Å². The van der Waals surface area contributed by atoms with E-state index < -0.39 is 34.3 Å². The average molecular weight is 442 g/mol. The van der Waals surface area contributed by atoms with E-state index in [1.54, 1.807) is 0 Å². The van der Waals surface area contributed by atoms with E-state index in [-0.39, 0.29) is 16.1 Å². The van der Waals surface area contributed by atoms with Crippen molar-refractivity contribution in [2.24, 2.45) is 0 Å². The Hall–Kier alpha value is -3.72. The van der Waals surface area contributed by atoms with Crippen molar-refractivity contribution < 1.29 is 27.1 Å². The van der Waals surface area contributed by atoms with E-state index in [0.717, 1.165) is 29.8 Å². The predicted molar refractivity (Wildman–Crippen MR) is 112 cm³/mol. The zero-order valence-electron chi connectivity index (χ0n) is 16.2. The molecule has 3 aromatic carbocycles. The van der Waals surface area contributed by atoms with E-state index in [4.69, 9.17) is 4.74 Å². The number of nitrogens with one attached hydrogen (secondary N) is 2. The maximum atomic E-state index is 13.0. The van der Waals surface area contributed by atoms with E-state index in [9.17, 15) is 22.4 Å². The van der Waals surface area contributed by atoms with Gasteiger partial charge in [0.25, 0.3) is 15.9 Å². The Morgan fingerprint density at radius 3 is 2.16 bits per heavy atom. The van der Waals surface area contributed by atoms with Crippen LogP contribution in [0.2, 0.25) is 0 Å². The summed E-state index contributed by atoms with van der Waals surface area (Å²) < 4.78 is 44.9. The van der Waals surface area contributed by atoms with Crippen LogP contribution in [0.1, 0.15) is 15.9 Å². The molecule has 0 aromatic heterocycles. The number of hydrogen-bond acceptors (Lipinski definition) is 5. The zero-order chi connectivity index (χ0) is 22.3. The minimum Gasteiger partial charge on any atom is -0.452 e. The molecule has 0 saturated heterocycles. The molecule has 0 spiro atoms. The van der Waals surface area contributed by atoms with Crippen molar-refractivity contribution in [2.75, 3.05) is 11.3 Å². The van der Waals surface area contributed by atoms with Gasteiger partial charge in [-0.15, -0.1) is 0 Å². The first kappa shape index (κ1) is 22.0. The molecule has 0 unspecified atom stereocenters. The Morgan fingerprint density at radius 1 is 0.871 bits per heavy atom. The van der Waals surface area contributed by atoms with Gasteiger partial charge in [-0.25, -0.2) is 17.6 Å². The van der Waals surface area contributed by atoms with Crippen LogP contribution in [0.25, 0.3) is 0 Å². The van der Waals surface area contributed by atoms with E-state index in [1.165, 1.54) is 24.3 Å². The quantitative estimate of drug-likeness (QED) is 0.522. The molecule has 3 aromatic rings. The van der Waals surface area contributed by atoms with Gasteiger partial charge in [-0.05, 0) is 54.1 Å². The molecule has 0 radical (unpaired) electrons. The summed E-state index contributed by atoms with van der Waals surface area (Å²) in [6.07, 6.45) is 0. The van der Waals surface area contributed by atoms with Crippen LogP contribution in [0.5, 0.6) is 0 Å². The van der Waals surface area contributed by atoms with Crippen LogP contribution in [-0.2, 0) is 26.1 Å². The van der Waals surface area contributed by atoms with Crippen molar-refractivity contribution in [1.82, 2.24) is 5.32 Å². The fourth-order valence-electron chi connectivity index (χ4n) is 2.56. The van der Waals surface area contributed by atoms with Crippen molar-refractivity contribution in [3.63, 3.8) is 0 Å². The smallest absolute Gasteiger partial charge is 0.338 e. The predicted octanol–water partition coefficient (Wildman–Crippen LogP) is 3.10. The summed E-state index contributed by atoms with van der Waals surface area (Å²) >= 11 is 0. The third kappa shape index (κ3) is 6.38. The maximum Gasteiger partial charge on any atom is 0.338 e. The highest BCUT2D eigenvalue weighted by molar-refractivity contribution is 7.92. The molecule has 1 amide bonds. The molecule has 0 atom stereocenters. The van der Waals surface area contributed by atoms with Gasteiger partial charge in [0.05, 0.1) is 10.5 Å². The molecule has 0 aliphatic carbocycles. The van der Waals surface area contributed by atoms with Gasteiger partial charge < -0.3 is 10.1 Å². The molecule has 3 rings (SSSR count). The van der Waals surface area contributed by atoms with Gasteiger partial charge in [0.15, 0.2) is 6.61 Å². The lowest BCUT2D eigenvalue weighted by molar-refractivity contribution is -0.124. The Bertz CT molecular complexity index is 1150. The lowest BCUT2D eigenvalue weighted by Crippen LogP contribution is -2.28. The van der Waals surface area contributed by atoms with Gasteiger partial charge in [-0.1, -0.05) is 30.3 Å². The SMILES string of the molecule is O=C(COC(=O)c1ccc(NS(=O)(=O)c2ccc(F)cc2)cc1)NCc1ccccc1. The fraction of sp³-hybridized carbons (Fsp3) is 0.0909. The molecule has 7 nitrogen and oxygen atoms in total. The van der Waals surface area contributed by atoms with Crippen molar-refractivity contribution in [3.8, 4) is 0 Å². The van der Waals surface area contributed by atoms with Gasteiger partial charge in [-0.3, -0.25) is 9.52 Å². The van der Waals surface area contributed by atoms with Crippen molar-refractivity contribution >= 4 is 27.6 Å². The molecule has 0 saturated carbocycles. The molecular weight excluding hydrogens is 423 g/mol. The van der Waals surface area contributed by atoms with E-state index in [0.29, 0.717) is 6.54 Å². The molecule has 0 aliphatic heterocycles. The molecule has 0 aliphatic rings. The third-order valence-electron chi connectivity index (χ3n) is 4.16. The minimum atomic E-state index is -3.90. The fourth-order valence-corrected chi connectivity index (χ4v) is 3.62. The summed E-state index contributed by atoms with van der Waals surface area (Å²) in [7, 11) is -3.90. The van der Waals surface area contributed by atoms with Crippen molar-refractivity contribution in [3.05, 3.63) is 95.8 Å². The van der Waals surface area contributed by atoms with Crippen LogP contribution in [0.3, 0.4) is 0 Å². The van der Waals surface area contributed by atoms with Crippen LogP contribution in [-0.4, -0.2) is 26.9 Å². The highest BCUT2D eigenvalue weighted by atomic mass is 32.2. The summed E-state index contributed by atoms with van der Waals surface area (Å²) in [5.41, 5.74) is 1.28. The van der Waals surface area contributed by atoms with E-state index in [1.807, 2.05) is 30.3 Å². The third-order valence-corrected chi connectivity index (χ3v) is 5.56. The first-order valence-electron chi connectivity index (χ1n) is 9.20. The van der Waals surface area contributed by atoms with Gasteiger partial charge in [0.1, 0.15) is 5.82 Å². The number of benzene rings is 3. The number of esters is 1. The molecule has 0 fully saturated rings. The summed E-state index contributed by atoms with van der Waals surface area (Å²) in [5, 5.41) is 2.64. The number of anilines is 1. The standard InChI is InChI=1S/C22H19FN2O5S/c23-18-8-12-20(13-9-18)31(28,29)25-19-10-6-17(7-11-19)22(27)30-15-21(26)24-14-16-4-2-1-3-5-16/h1-13,25H,14-15H2,(H,24,26). The average Bonchev–Trinajstić information content (AvgIpc) is 2.77. The minimum absolute atomic E-state index is 0.0982. The Balaban J connectivity index is 1.51. The van der Waals surface area contributed by atoms with Gasteiger partial charge in [-0.2, -0.15) is 0 Å². The van der Waals surface area contributed by atoms with Gasteiger partial charge >= 0.3 is 5.97 Å². The number of hydrogen-bond donors (Lipinski definition) is 2. The van der Waals surface area contributed by atoms with Crippen LogP contribution >= 0.6 is 0 Å². The normalized spacial score (nSPS) is 10.9. The van der Waals surface area contributed by atoms with Crippen LogP contribution < -0.4 is 10.0 Å². The number of halogens is 1. The number of ether oxygens (including phenoxy) is 1. The monoisotopic (exact) mass is 442 g/mol. The highest BCUT2D eigenvalue weighted by Gasteiger charge is 2.15. The zero-order valence-corrected chi connectivity index (χ0v) is 17.1. The Morgan fingerprint density at radius 2 is 1.52 bits per heavy atom. The number of carbonyl (C=O) groups is 2. The van der Waals surface area contributed by atoms with Crippen LogP contribution in [0.15, 0.2) is 83.8 Å². The summed E-state index contributed by atoms with van der Waals surface area (Å²) in [6.45, 7) is -0.120. The summed E-state index contributed by atoms with van der Waals surface area (Å²) in [5.74, 6) is -1.71. The lowest BCUT2D eigenvalue weighted by Gasteiger charge is -2.09. The second-order valence-electron chi connectivity index (χ2n) is 6.48. The summed E-state index contributed by atoms with van der Waals surface area (Å²) in [6, 6.07) is 19.2. The molecule has 160 valence electrons. The van der Waals surface area contributed by atoms with Crippen LogP contribution in [0.4, 0.5) is 10.1 Å². The topological polar surface area (TPSA) is 102 Å². The first-order valence-corrected chi connectivity index (χ1v) is 10.7. The number of sulfonamides is 1. The van der Waals surface area contributed by atoms with Gasteiger partial charge in [0.2, 0.25) is 0 Å². The second kappa shape index (κ2) is 9.86. The molecule has 0 bridgehead atoms. The molecule has 0 heterocycles. The molecule has 31 heavy (non-hydrogen) atoms. The highest BCUT2D eigenvalue weighted by Crippen LogP contribution is 2.17. The molecular formula is C22H19FN2O5S. The van der Waals surface area contributed by atoms with Gasteiger partial charge in [0, 0.05) is 12.2 Å². The largest absolute Gasteiger partial charge is 0.452 e. The first-order chi connectivity index (χ1) is 14.8. The molecule has 9 heteroatoms. The second-order valence-corrected chi connectivity index (χ2v) is 8.16. The lowest BCUT2D eigenvalue weighted by atomic mass is 10.2. The Labute approximate surface area is 178 Å². The number of amides is 1. The van der Waals surface area contributed by atoms with E-state index >= 15 is 0 Å². The van der Waals surface area contributed by atoms with E-state index in [2.05, 4.69) is 10.0 Å². The molecule has 2 N–H and O–H groups in total. The number of rotatable bonds is 8. The Kier molecular flexibility index (Phi) is 6.99. The number of carbonyl (C=O) groups excluding carboxylic acids is 2. The van der Waals surface area contributed by atoms with Crippen molar-refractivity contribution in [1.29, 1.82) is 0 Å². The maximum absolute atomic E-state index is 13.0. The van der Waals surface area contributed by atoms with Crippen molar-refractivity contribution in [2.45, 2.75) is 11.4 Å². The summed E-state index contributed by atoms with van der Waals surface area (Å²) in [4.78, 5) is 23.8.